The fraction of sp³-hybridized carbons (Fsp3) is 0.261. The van der Waals surface area contributed by atoms with Crippen LogP contribution < -0.4 is 10.6 Å². The van der Waals surface area contributed by atoms with E-state index in [9.17, 15) is 9.59 Å². The molecular formula is C23H24N4O2S. The number of para-hydroxylation sites is 1. The summed E-state index contributed by atoms with van der Waals surface area (Å²) < 4.78 is 1.97. The van der Waals surface area contributed by atoms with Crippen molar-refractivity contribution < 1.29 is 9.59 Å². The number of carbonyl (C=O) groups is 2. The molecule has 6 nitrogen and oxygen atoms in total. The summed E-state index contributed by atoms with van der Waals surface area (Å²) in [5.41, 5.74) is 4.95. The number of fused-ring (bicyclic) bond motifs is 1. The summed E-state index contributed by atoms with van der Waals surface area (Å²) >= 11 is 1.44. The van der Waals surface area contributed by atoms with E-state index in [1.807, 2.05) is 61.0 Å². The van der Waals surface area contributed by atoms with E-state index in [4.69, 9.17) is 0 Å². The lowest BCUT2D eigenvalue weighted by Crippen LogP contribution is -2.34. The number of aryl methyl sites for hydroxylation is 1. The maximum Gasteiger partial charge on any atom is 0.238 e. The average Bonchev–Trinajstić information content (AvgIpc) is 3.00. The second kappa shape index (κ2) is 8.75. The lowest BCUT2D eigenvalue weighted by atomic mass is 10.2. The number of amides is 2. The van der Waals surface area contributed by atoms with Crippen molar-refractivity contribution in [3.05, 3.63) is 77.1 Å². The molecule has 1 aliphatic heterocycles. The van der Waals surface area contributed by atoms with E-state index < -0.39 is 5.25 Å². The first-order valence-corrected chi connectivity index (χ1v) is 10.8. The van der Waals surface area contributed by atoms with Gasteiger partial charge in [-0.1, -0.05) is 42.5 Å². The van der Waals surface area contributed by atoms with Gasteiger partial charge in [0.25, 0.3) is 0 Å². The first kappa shape index (κ1) is 20.2. The first-order valence-electron chi connectivity index (χ1n) is 9.91. The van der Waals surface area contributed by atoms with Crippen LogP contribution in [0.25, 0.3) is 0 Å². The molecule has 2 N–H and O–H groups in total. The van der Waals surface area contributed by atoms with Gasteiger partial charge < -0.3 is 10.6 Å². The zero-order chi connectivity index (χ0) is 21.1. The molecule has 1 aliphatic rings. The van der Waals surface area contributed by atoms with Gasteiger partial charge in [-0.3, -0.25) is 14.3 Å². The van der Waals surface area contributed by atoms with Crippen molar-refractivity contribution in [3.63, 3.8) is 0 Å². The average molecular weight is 421 g/mol. The third kappa shape index (κ3) is 4.41. The maximum absolute atomic E-state index is 12.5. The number of carbonyl (C=O) groups excluding carboxylic acids is 2. The smallest absolute Gasteiger partial charge is 0.238 e. The molecule has 0 radical (unpaired) electrons. The van der Waals surface area contributed by atoms with Gasteiger partial charge in [-0.25, -0.2) is 0 Å². The number of rotatable bonds is 6. The van der Waals surface area contributed by atoms with E-state index in [0.29, 0.717) is 13.1 Å². The Morgan fingerprint density at radius 2 is 1.87 bits per heavy atom. The summed E-state index contributed by atoms with van der Waals surface area (Å²) in [5.74, 6) is -0.270. The molecule has 154 valence electrons. The van der Waals surface area contributed by atoms with E-state index in [0.717, 1.165) is 27.5 Å². The topological polar surface area (TPSA) is 76.0 Å². The van der Waals surface area contributed by atoms with Crippen molar-refractivity contribution in [1.82, 2.24) is 15.1 Å². The van der Waals surface area contributed by atoms with Gasteiger partial charge in [-0.2, -0.15) is 5.10 Å². The lowest BCUT2D eigenvalue weighted by molar-refractivity contribution is -0.124. The van der Waals surface area contributed by atoms with Gasteiger partial charge in [-0.15, -0.1) is 11.8 Å². The number of anilines is 1. The van der Waals surface area contributed by atoms with Gasteiger partial charge in [-0.05, 0) is 31.5 Å². The Morgan fingerprint density at radius 1 is 1.13 bits per heavy atom. The van der Waals surface area contributed by atoms with Gasteiger partial charge in [0.15, 0.2) is 0 Å². The van der Waals surface area contributed by atoms with Crippen LogP contribution in [0.15, 0.2) is 59.5 Å². The minimum Gasteiger partial charge on any atom is -0.352 e. The number of hydrogen-bond donors (Lipinski definition) is 2. The van der Waals surface area contributed by atoms with Crippen LogP contribution in [0.5, 0.6) is 0 Å². The SMILES string of the molecule is Cc1nn(Cc2ccccc2)c(C)c1CNC(=O)C[C@@H]1Sc2ccccc2NC1=O. The normalized spacial score (nSPS) is 15.4. The van der Waals surface area contributed by atoms with Crippen LogP contribution in [-0.2, 0) is 22.7 Å². The number of thioether (sulfide) groups is 1. The van der Waals surface area contributed by atoms with Crippen molar-refractivity contribution in [3.8, 4) is 0 Å². The summed E-state index contributed by atoms with van der Waals surface area (Å²) in [5, 5.41) is 10.1. The van der Waals surface area contributed by atoms with E-state index in [1.165, 1.54) is 17.3 Å². The summed E-state index contributed by atoms with van der Waals surface area (Å²) in [6.07, 6.45) is 0.140. The lowest BCUT2D eigenvalue weighted by Gasteiger charge is -2.23. The van der Waals surface area contributed by atoms with E-state index >= 15 is 0 Å². The van der Waals surface area contributed by atoms with Gasteiger partial charge in [0.1, 0.15) is 0 Å². The predicted molar refractivity (Wildman–Crippen MR) is 118 cm³/mol. The fourth-order valence-corrected chi connectivity index (χ4v) is 4.67. The summed E-state index contributed by atoms with van der Waals surface area (Å²) in [4.78, 5) is 25.8. The summed E-state index contributed by atoms with van der Waals surface area (Å²) in [7, 11) is 0. The minimum atomic E-state index is -0.428. The monoisotopic (exact) mass is 420 g/mol. The van der Waals surface area contributed by atoms with E-state index in [2.05, 4.69) is 27.9 Å². The Balaban J connectivity index is 1.37. The summed E-state index contributed by atoms with van der Waals surface area (Å²) in [6, 6.07) is 17.8. The van der Waals surface area contributed by atoms with Gasteiger partial charge >= 0.3 is 0 Å². The third-order valence-corrected chi connectivity index (χ3v) is 6.52. The zero-order valence-electron chi connectivity index (χ0n) is 17.0. The molecule has 0 spiro atoms. The largest absolute Gasteiger partial charge is 0.352 e. The molecule has 0 bridgehead atoms. The van der Waals surface area contributed by atoms with Crippen molar-refractivity contribution >= 4 is 29.3 Å². The highest BCUT2D eigenvalue weighted by atomic mass is 32.2. The van der Waals surface area contributed by atoms with Crippen molar-refractivity contribution in [1.29, 1.82) is 0 Å². The Labute approximate surface area is 180 Å². The van der Waals surface area contributed by atoms with Gasteiger partial charge in [0, 0.05) is 29.1 Å². The van der Waals surface area contributed by atoms with Crippen LogP contribution in [0.3, 0.4) is 0 Å². The molecule has 7 heteroatoms. The molecule has 1 atom stereocenters. The number of hydrogen-bond acceptors (Lipinski definition) is 4. The van der Waals surface area contributed by atoms with Crippen LogP contribution in [-0.4, -0.2) is 26.8 Å². The molecule has 0 unspecified atom stereocenters. The first-order chi connectivity index (χ1) is 14.5. The van der Waals surface area contributed by atoms with Crippen LogP contribution in [0, 0.1) is 13.8 Å². The Kier molecular flexibility index (Phi) is 5.90. The molecule has 4 rings (SSSR count). The van der Waals surface area contributed by atoms with Gasteiger partial charge in [0.2, 0.25) is 11.8 Å². The fourth-order valence-electron chi connectivity index (χ4n) is 3.55. The molecule has 2 heterocycles. The van der Waals surface area contributed by atoms with Gasteiger partial charge in [0.05, 0.1) is 23.2 Å². The van der Waals surface area contributed by atoms with Crippen molar-refractivity contribution in [2.45, 2.75) is 43.5 Å². The molecule has 3 aromatic rings. The molecule has 0 saturated carbocycles. The van der Waals surface area contributed by atoms with Crippen molar-refractivity contribution in [2.75, 3.05) is 5.32 Å². The minimum absolute atomic E-state index is 0.128. The van der Waals surface area contributed by atoms with Crippen LogP contribution >= 0.6 is 11.8 Å². The highest BCUT2D eigenvalue weighted by Gasteiger charge is 2.28. The maximum atomic E-state index is 12.5. The number of nitrogens with zero attached hydrogens (tertiary/aromatic N) is 2. The Bertz CT molecular complexity index is 1080. The number of nitrogens with one attached hydrogen (secondary N) is 2. The molecule has 2 aromatic carbocycles. The highest BCUT2D eigenvalue weighted by Crippen LogP contribution is 2.36. The van der Waals surface area contributed by atoms with Crippen LogP contribution in [0.1, 0.15) is 28.9 Å². The van der Waals surface area contributed by atoms with Crippen LogP contribution in [0.2, 0.25) is 0 Å². The quantitative estimate of drug-likeness (QED) is 0.638. The molecule has 0 fully saturated rings. The Morgan fingerprint density at radius 3 is 2.67 bits per heavy atom. The molecule has 2 amide bonds. The predicted octanol–water partition coefficient (Wildman–Crippen LogP) is 3.67. The highest BCUT2D eigenvalue weighted by molar-refractivity contribution is 8.01. The number of benzene rings is 2. The van der Waals surface area contributed by atoms with E-state index in [1.54, 1.807) is 0 Å². The number of aromatic nitrogens is 2. The molecule has 0 aliphatic carbocycles. The standard InChI is InChI=1S/C23H24N4O2S/c1-15-18(16(2)27(26-15)14-17-8-4-3-5-9-17)13-24-22(28)12-21-23(29)25-19-10-6-7-11-20(19)30-21/h3-11,21H,12-14H2,1-2H3,(H,24,28)(H,25,29)/t21-/m0/s1. The molecular weight excluding hydrogens is 396 g/mol. The second-order valence-electron chi connectivity index (χ2n) is 7.37. The Hall–Kier alpha value is -3.06. The zero-order valence-corrected chi connectivity index (χ0v) is 17.8. The molecule has 30 heavy (non-hydrogen) atoms. The third-order valence-electron chi connectivity index (χ3n) is 5.25. The van der Waals surface area contributed by atoms with Crippen molar-refractivity contribution in [2.24, 2.45) is 0 Å². The van der Waals surface area contributed by atoms with E-state index in [-0.39, 0.29) is 18.2 Å². The molecule has 1 aromatic heterocycles. The molecule has 0 saturated heterocycles. The second-order valence-corrected chi connectivity index (χ2v) is 8.61. The summed E-state index contributed by atoms with van der Waals surface area (Å²) in [6.45, 7) is 5.07. The van der Waals surface area contributed by atoms with Crippen LogP contribution in [0.4, 0.5) is 5.69 Å².